The molecular weight excluding hydrogens is 276 g/mol. The molecule has 0 radical (unpaired) electrons. The van der Waals surface area contributed by atoms with Gasteiger partial charge >= 0.3 is 0 Å². The van der Waals surface area contributed by atoms with Gasteiger partial charge < -0.3 is 4.90 Å². The minimum absolute atomic E-state index is 0.0538. The summed E-state index contributed by atoms with van der Waals surface area (Å²) in [6.45, 7) is 0.0538. The van der Waals surface area contributed by atoms with Crippen LogP contribution in [0.2, 0.25) is 0 Å². The van der Waals surface area contributed by atoms with Gasteiger partial charge in [-0.05, 0) is 12.8 Å². The van der Waals surface area contributed by atoms with Crippen molar-refractivity contribution in [3.63, 3.8) is 0 Å². The number of hydrogen-bond acceptors (Lipinski definition) is 4. The molecule has 0 bridgehead atoms. The standard InChI is InChI=1S/C11H15ClN2O3S/c12-18(16,17)9-6-10(15)14(7-9)11(8-13)4-2-1-3-5-11/h9H,1-7H2. The van der Waals surface area contributed by atoms with Crippen LogP contribution < -0.4 is 0 Å². The normalized spacial score (nSPS) is 28.1. The maximum atomic E-state index is 11.9. The van der Waals surface area contributed by atoms with Crippen molar-refractivity contribution in [1.82, 2.24) is 4.90 Å². The second kappa shape index (κ2) is 4.71. The number of likely N-dealkylation sites (tertiary alicyclic amines) is 1. The van der Waals surface area contributed by atoms with E-state index in [0.29, 0.717) is 12.8 Å². The van der Waals surface area contributed by atoms with E-state index in [2.05, 4.69) is 6.07 Å². The fourth-order valence-corrected chi connectivity index (χ4v) is 3.88. The largest absolute Gasteiger partial charge is 0.323 e. The summed E-state index contributed by atoms with van der Waals surface area (Å²) in [4.78, 5) is 13.4. The van der Waals surface area contributed by atoms with Gasteiger partial charge in [0.05, 0.1) is 6.07 Å². The molecule has 18 heavy (non-hydrogen) atoms. The van der Waals surface area contributed by atoms with E-state index >= 15 is 0 Å². The molecule has 1 unspecified atom stereocenters. The molecule has 1 aliphatic heterocycles. The third-order valence-electron chi connectivity index (χ3n) is 3.89. The van der Waals surface area contributed by atoms with E-state index in [1.54, 1.807) is 0 Å². The summed E-state index contributed by atoms with van der Waals surface area (Å²) in [5.74, 6) is -0.271. The SMILES string of the molecule is N#CC1(N2CC(S(=O)(=O)Cl)CC2=O)CCCCC1. The second-order valence-electron chi connectivity index (χ2n) is 5.01. The van der Waals surface area contributed by atoms with Crippen molar-refractivity contribution >= 4 is 25.6 Å². The predicted octanol–water partition coefficient (Wildman–Crippen LogP) is 1.38. The Bertz CT molecular complexity index is 491. The van der Waals surface area contributed by atoms with Gasteiger partial charge in [0.15, 0.2) is 0 Å². The Hall–Kier alpha value is -0.800. The monoisotopic (exact) mass is 290 g/mol. The summed E-state index contributed by atoms with van der Waals surface area (Å²) in [5.41, 5.74) is -0.814. The van der Waals surface area contributed by atoms with Crippen LogP contribution in [0.5, 0.6) is 0 Å². The third kappa shape index (κ3) is 2.34. The molecule has 0 N–H and O–H groups in total. The van der Waals surface area contributed by atoms with Crippen LogP contribution in [0.1, 0.15) is 38.5 Å². The molecule has 0 aromatic rings. The van der Waals surface area contributed by atoms with Crippen LogP contribution in [-0.4, -0.2) is 36.6 Å². The van der Waals surface area contributed by atoms with Crippen LogP contribution in [0.15, 0.2) is 0 Å². The van der Waals surface area contributed by atoms with Gasteiger partial charge in [-0.15, -0.1) is 0 Å². The summed E-state index contributed by atoms with van der Waals surface area (Å²) in [6.07, 6.45) is 4.01. The number of amides is 1. The maximum Gasteiger partial charge on any atom is 0.237 e. The fraction of sp³-hybridized carbons (Fsp3) is 0.818. The highest BCUT2D eigenvalue weighted by molar-refractivity contribution is 8.14. The smallest absolute Gasteiger partial charge is 0.237 e. The van der Waals surface area contributed by atoms with Gasteiger partial charge in [-0.1, -0.05) is 19.3 Å². The van der Waals surface area contributed by atoms with E-state index < -0.39 is 19.8 Å². The van der Waals surface area contributed by atoms with Gasteiger partial charge in [-0.3, -0.25) is 4.79 Å². The average molecular weight is 291 g/mol. The van der Waals surface area contributed by atoms with E-state index in [0.717, 1.165) is 19.3 Å². The molecule has 1 amide bonds. The maximum absolute atomic E-state index is 11.9. The van der Waals surface area contributed by atoms with Crippen LogP contribution >= 0.6 is 10.7 Å². The van der Waals surface area contributed by atoms with Crippen LogP contribution in [0, 0.1) is 11.3 Å². The minimum Gasteiger partial charge on any atom is -0.323 e. The van der Waals surface area contributed by atoms with Crippen LogP contribution in [0.4, 0.5) is 0 Å². The van der Waals surface area contributed by atoms with Gasteiger partial charge in [-0.2, -0.15) is 5.26 Å². The first-order valence-corrected chi connectivity index (χ1v) is 8.41. The molecule has 1 atom stereocenters. The summed E-state index contributed by atoms with van der Waals surface area (Å²) < 4.78 is 22.6. The fourth-order valence-electron chi connectivity index (χ4n) is 2.86. The lowest BCUT2D eigenvalue weighted by molar-refractivity contribution is -0.132. The van der Waals surface area contributed by atoms with Crippen LogP contribution in [0.3, 0.4) is 0 Å². The van der Waals surface area contributed by atoms with Gasteiger partial charge in [0.1, 0.15) is 10.8 Å². The van der Waals surface area contributed by atoms with Crippen molar-refractivity contribution < 1.29 is 13.2 Å². The summed E-state index contributed by atoms with van der Waals surface area (Å²) in [7, 11) is 1.57. The molecule has 1 saturated heterocycles. The molecule has 7 heteroatoms. The highest BCUT2D eigenvalue weighted by Gasteiger charge is 2.48. The Morgan fingerprint density at radius 1 is 1.33 bits per heavy atom. The molecule has 0 aromatic heterocycles. The molecule has 1 saturated carbocycles. The zero-order chi connectivity index (χ0) is 13.4. The summed E-state index contributed by atoms with van der Waals surface area (Å²) in [6, 6.07) is 2.23. The number of halogens is 1. The van der Waals surface area contributed by atoms with Crippen molar-refractivity contribution in [3.05, 3.63) is 0 Å². The Morgan fingerprint density at radius 3 is 2.39 bits per heavy atom. The van der Waals surface area contributed by atoms with Crippen molar-refractivity contribution in [1.29, 1.82) is 5.26 Å². The zero-order valence-electron chi connectivity index (χ0n) is 9.93. The molecule has 2 aliphatic rings. The Kier molecular flexibility index (Phi) is 3.56. The van der Waals surface area contributed by atoms with Crippen molar-refractivity contribution in [2.75, 3.05) is 6.54 Å². The van der Waals surface area contributed by atoms with Gasteiger partial charge in [0.2, 0.25) is 15.0 Å². The lowest BCUT2D eigenvalue weighted by atomic mass is 9.81. The molecule has 2 fully saturated rings. The molecule has 0 spiro atoms. The summed E-state index contributed by atoms with van der Waals surface area (Å²) in [5, 5.41) is 8.51. The first-order valence-electron chi connectivity index (χ1n) is 6.04. The van der Waals surface area contributed by atoms with Gasteiger partial charge in [0, 0.05) is 23.6 Å². The first kappa shape index (κ1) is 13.6. The number of hydrogen-bond donors (Lipinski definition) is 0. The lowest BCUT2D eigenvalue weighted by Gasteiger charge is -2.39. The molecule has 5 nitrogen and oxygen atoms in total. The molecule has 2 rings (SSSR count). The van der Waals surface area contributed by atoms with Gasteiger partial charge in [0.25, 0.3) is 0 Å². The third-order valence-corrected chi connectivity index (χ3v) is 5.76. The highest BCUT2D eigenvalue weighted by Crippen LogP contribution is 2.37. The first-order chi connectivity index (χ1) is 8.39. The Balaban J connectivity index is 2.23. The zero-order valence-corrected chi connectivity index (χ0v) is 11.5. The molecular formula is C11H15ClN2O3S. The van der Waals surface area contributed by atoms with E-state index in [9.17, 15) is 18.5 Å². The van der Waals surface area contributed by atoms with Crippen LogP contribution in [-0.2, 0) is 13.8 Å². The number of rotatable bonds is 2. The minimum atomic E-state index is -3.74. The molecule has 0 aromatic carbocycles. The van der Waals surface area contributed by atoms with Crippen molar-refractivity contribution in [2.45, 2.75) is 49.3 Å². The van der Waals surface area contributed by atoms with E-state index in [1.807, 2.05) is 0 Å². The quantitative estimate of drug-likeness (QED) is 0.720. The molecule has 1 heterocycles. The molecule has 1 aliphatic carbocycles. The van der Waals surface area contributed by atoms with Crippen molar-refractivity contribution in [2.24, 2.45) is 0 Å². The van der Waals surface area contributed by atoms with E-state index in [4.69, 9.17) is 10.7 Å². The summed E-state index contributed by atoms with van der Waals surface area (Å²) >= 11 is 0. The van der Waals surface area contributed by atoms with Crippen LogP contribution in [0.25, 0.3) is 0 Å². The lowest BCUT2D eigenvalue weighted by Crippen LogP contribution is -2.50. The topological polar surface area (TPSA) is 78.2 Å². The highest BCUT2D eigenvalue weighted by atomic mass is 35.7. The number of nitrogens with zero attached hydrogens (tertiary/aromatic N) is 2. The van der Waals surface area contributed by atoms with E-state index in [1.165, 1.54) is 4.90 Å². The Morgan fingerprint density at radius 2 is 1.94 bits per heavy atom. The average Bonchev–Trinajstić information content (AvgIpc) is 2.73. The van der Waals surface area contributed by atoms with Crippen molar-refractivity contribution in [3.8, 4) is 6.07 Å². The number of carbonyl (C=O) groups is 1. The molecule has 100 valence electrons. The van der Waals surface area contributed by atoms with E-state index in [-0.39, 0.29) is 18.9 Å². The van der Waals surface area contributed by atoms with Gasteiger partial charge in [-0.25, -0.2) is 8.42 Å². The predicted molar refractivity (Wildman–Crippen MR) is 66.3 cm³/mol. The Labute approximate surface area is 111 Å². The number of nitriles is 1. The second-order valence-corrected chi connectivity index (χ2v) is 7.92. The number of carbonyl (C=O) groups excluding carboxylic acids is 1.